The molecule has 0 radical (unpaired) electrons. The van der Waals surface area contributed by atoms with E-state index in [9.17, 15) is 0 Å². The largest absolute Gasteiger partial charge is 0.310 e. The Morgan fingerprint density at radius 1 is 0.345 bits per heavy atom. The molecule has 0 aliphatic carbocycles. The van der Waals surface area contributed by atoms with Crippen LogP contribution in [0, 0.1) is 0 Å². The monoisotopic (exact) mass is 718 g/mol. The number of thiophene rings is 1. The number of nitrogens with zero attached hydrogens (tertiary/aromatic N) is 2. The molecule has 0 atom stereocenters. The number of hydrogen-bond donors (Lipinski definition) is 0. The van der Waals surface area contributed by atoms with Gasteiger partial charge in [-0.05, 0) is 107 Å². The summed E-state index contributed by atoms with van der Waals surface area (Å²) in [5.41, 5.74) is 11.8. The summed E-state index contributed by atoms with van der Waals surface area (Å²) in [6, 6.07) is 75.1. The van der Waals surface area contributed by atoms with Gasteiger partial charge in [0.15, 0.2) is 0 Å². The minimum absolute atomic E-state index is 1.12. The maximum absolute atomic E-state index is 2.39. The van der Waals surface area contributed by atoms with E-state index in [0.717, 1.165) is 17.1 Å². The Kier molecular flexibility index (Phi) is 7.39. The van der Waals surface area contributed by atoms with Crippen LogP contribution in [-0.2, 0) is 0 Å². The normalized spacial score (nSPS) is 11.6. The molecule has 0 saturated carbocycles. The highest BCUT2D eigenvalue weighted by molar-refractivity contribution is 7.25. The lowest BCUT2D eigenvalue weighted by Crippen LogP contribution is -2.10. The standard InChI is InChI=1S/C52H34N2S/c1-3-13-38(14-4-1)53(40-27-23-35(24-28-40)36-26-32-52-47(33-36)45-20-10-12-22-51(45)55-52)49-31-29-41(42-17-7-8-18-43(42)49)37-25-30-50-46(34-37)44-19-9-11-21-48(44)54(50)39-15-5-2-6-16-39/h1-34H. The molecule has 2 nitrogen and oxygen atoms in total. The Hall–Kier alpha value is -6.94. The number of fused-ring (bicyclic) bond motifs is 7. The summed E-state index contributed by atoms with van der Waals surface area (Å²) in [5.74, 6) is 0. The second kappa shape index (κ2) is 12.9. The number of benzene rings is 9. The van der Waals surface area contributed by atoms with Gasteiger partial charge >= 0.3 is 0 Å². The van der Waals surface area contributed by atoms with Crippen molar-refractivity contribution in [1.29, 1.82) is 0 Å². The maximum Gasteiger partial charge on any atom is 0.0541 e. The van der Waals surface area contributed by atoms with Gasteiger partial charge < -0.3 is 9.47 Å². The van der Waals surface area contributed by atoms with Gasteiger partial charge in [0.1, 0.15) is 0 Å². The van der Waals surface area contributed by atoms with E-state index in [2.05, 4.69) is 216 Å². The highest BCUT2D eigenvalue weighted by atomic mass is 32.1. The van der Waals surface area contributed by atoms with Crippen molar-refractivity contribution in [3.63, 3.8) is 0 Å². The van der Waals surface area contributed by atoms with E-state index in [1.807, 2.05) is 11.3 Å². The summed E-state index contributed by atoms with van der Waals surface area (Å²) in [7, 11) is 0. The fraction of sp³-hybridized carbons (Fsp3) is 0. The summed E-state index contributed by atoms with van der Waals surface area (Å²) in [4.78, 5) is 2.39. The average Bonchev–Trinajstić information content (AvgIpc) is 3.80. The molecule has 258 valence electrons. The van der Waals surface area contributed by atoms with E-state index < -0.39 is 0 Å². The van der Waals surface area contributed by atoms with Crippen LogP contribution in [0.5, 0.6) is 0 Å². The smallest absolute Gasteiger partial charge is 0.0541 e. The highest BCUT2D eigenvalue weighted by Gasteiger charge is 2.19. The number of aromatic nitrogens is 1. The number of anilines is 3. The first-order chi connectivity index (χ1) is 27.3. The maximum atomic E-state index is 2.39. The van der Waals surface area contributed by atoms with Crippen LogP contribution >= 0.6 is 11.3 Å². The van der Waals surface area contributed by atoms with E-state index in [-0.39, 0.29) is 0 Å². The third kappa shape index (κ3) is 5.24. The van der Waals surface area contributed by atoms with E-state index in [1.54, 1.807) is 0 Å². The van der Waals surface area contributed by atoms with Gasteiger partial charge in [-0.15, -0.1) is 11.3 Å². The lowest BCUT2D eigenvalue weighted by Gasteiger charge is -2.27. The second-order valence-corrected chi connectivity index (χ2v) is 15.2. The van der Waals surface area contributed by atoms with E-state index in [0.29, 0.717) is 0 Å². The Morgan fingerprint density at radius 2 is 0.927 bits per heavy atom. The molecule has 0 fully saturated rings. The number of para-hydroxylation sites is 3. The zero-order chi connectivity index (χ0) is 36.3. The molecule has 0 aliphatic heterocycles. The molecular formula is C52H34N2S. The van der Waals surface area contributed by atoms with Crippen LogP contribution in [0.15, 0.2) is 206 Å². The van der Waals surface area contributed by atoms with Gasteiger partial charge in [0.2, 0.25) is 0 Å². The fourth-order valence-electron chi connectivity index (χ4n) is 8.44. The SMILES string of the molecule is c1ccc(N(c2ccc(-c3ccc4sc5ccccc5c4c3)cc2)c2ccc(-c3ccc4c(c3)c3ccccc3n4-c3ccccc3)c3ccccc23)cc1. The van der Waals surface area contributed by atoms with Gasteiger partial charge in [0.05, 0.1) is 16.7 Å². The zero-order valence-corrected chi connectivity index (χ0v) is 30.7. The minimum Gasteiger partial charge on any atom is -0.310 e. The van der Waals surface area contributed by atoms with Crippen LogP contribution < -0.4 is 4.90 Å². The molecule has 2 heterocycles. The zero-order valence-electron chi connectivity index (χ0n) is 29.9. The van der Waals surface area contributed by atoms with Gasteiger partial charge in [0.25, 0.3) is 0 Å². The van der Waals surface area contributed by atoms with Gasteiger partial charge in [0, 0.05) is 53.4 Å². The third-order valence-electron chi connectivity index (χ3n) is 11.0. The minimum atomic E-state index is 1.12. The van der Waals surface area contributed by atoms with Crippen molar-refractivity contribution in [2.75, 3.05) is 4.90 Å². The Labute approximate surface area is 323 Å². The molecule has 3 heteroatoms. The molecule has 0 bridgehead atoms. The predicted molar refractivity (Wildman–Crippen MR) is 237 cm³/mol. The van der Waals surface area contributed by atoms with Crippen molar-refractivity contribution in [3.8, 4) is 27.9 Å². The highest BCUT2D eigenvalue weighted by Crippen LogP contribution is 2.44. The first kappa shape index (κ1) is 31.6. The lowest BCUT2D eigenvalue weighted by molar-refractivity contribution is 1.18. The first-order valence-electron chi connectivity index (χ1n) is 18.8. The van der Waals surface area contributed by atoms with Gasteiger partial charge in [-0.1, -0.05) is 127 Å². The molecule has 0 saturated heterocycles. The molecule has 2 aromatic heterocycles. The van der Waals surface area contributed by atoms with Crippen molar-refractivity contribution in [1.82, 2.24) is 4.57 Å². The molecular weight excluding hydrogens is 685 g/mol. The van der Waals surface area contributed by atoms with Crippen LogP contribution in [-0.4, -0.2) is 4.57 Å². The average molecular weight is 719 g/mol. The van der Waals surface area contributed by atoms with E-state index in [1.165, 1.54) is 80.7 Å². The van der Waals surface area contributed by atoms with Crippen molar-refractivity contribution < 1.29 is 0 Å². The topological polar surface area (TPSA) is 8.17 Å². The molecule has 0 unspecified atom stereocenters. The summed E-state index contributed by atoms with van der Waals surface area (Å²) in [6.45, 7) is 0. The summed E-state index contributed by atoms with van der Waals surface area (Å²) < 4.78 is 5.03. The van der Waals surface area contributed by atoms with Crippen LogP contribution in [0.3, 0.4) is 0 Å². The lowest BCUT2D eigenvalue weighted by atomic mass is 9.95. The van der Waals surface area contributed by atoms with Crippen LogP contribution in [0.1, 0.15) is 0 Å². The molecule has 55 heavy (non-hydrogen) atoms. The molecule has 0 aliphatic rings. The fourth-order valence-corrected chi connectivity index (χ4v) is 9.52. The molecule has 0 N–H and O–H groups in total. The van der Waals surface area contributed by atoms with Gasteiger partial charge in [-0.2, -0.15) is 0 Å². The first-order valence-corrected chi connectivity index (χ1v) is 19.6. The molecule has 11 rings (SSSR count). The summed E-state index contributed by atoms with van der Waals surface area (Å²) in [6.07, 6.45) is 0. The summed E-state index contributed by atoms with van der Waals surface area (Å²) >= 11 is 1.86. The Bertz CT molecular complexity index is 3190. The van der Waals surface area contributed by atoms with Gasteiger partial charge in [-0.3, -0.25) is 0 Å². The van der Waals surface area contributed by atoms with Crippen LogP contribution in [0.25, 0.3) is 80.7 Å². The van der Waals surface area contributed by atoms with E-state index >= 15 is 0 Å². The molecule has 9 aromatic carbocycles. The van der Waals surface area contributed by atoms with Gasteiger partial charge in [-0.25, -0.2) is 0 Å². The van der Waals surface area contributed by atoms with Crippen molar-refractivity contribution in [3.05, 3.63) is 206 Å². The number of rotatable bonds is 6. The van der Waals surface area contributed by atoms with Crippen LogP contribution in [0.2, 0.25) is 0 Å². The molecule has 0 spiro atoms. The van der Waals surface area contributed by atoms with Crippen molar-refractivity contribution in [2.45, 2.75) is 0 Å². The molecule has 0 amide bonds. The Morgan fingerprint density at radius 3 is 1.75 bits per heavy atom. The number of hydrogen-bond acceptors (Lipinski definition) is 2. The Balaban J connectivity index is 1.03. The van der Waals surface area contributed by atoms with Crippen molar-refractivity contribution >= 4 is 81.1 Å². The quantitative estimate of drug-likeness (QED) is 0.166. The predicted octanol–water partition coefficient (Wildman–Crippen LogP) is 15.1. The third-order valence-corrected chi connectivity index (χ3v) is 12.1. The van der Waals surface area contributed by atoms with E-state index in [4.69, 9.17) is 0 Å². The summed E-state index contributed by atoms with van der Waals surface area (Å²) in [5, 5.41) is 7.58. The second-order valence-electron chi connectivity index (χ2n) is 14.1. The molecule has 11 aromatic rings. The van der Waals surface area contributed by atoms with Crippen molar-refractivity contribution in [2.24, 2.45) is 0 Å². The van der Waals surface area contributed by atoms with Crippen LogP contribution in [0.4, 0.5) is 17.1 Å².